The number of hydrogen-bond donors (Lipinski definition) is 3. The smallest absolute Gasteiger partial charge is 0.326 e. The van der Waals surface area contributed by atoms with E-state index in [2.05, 4.69) is 5.32 Å². The molecular weight excluding hydrogens is 266 g/mol. The number of nitrogens with one attached hydrogen (secondary N) is 1. The molecule has 1 rings (SSSR count). The maximum Gasteiger partial charge on any atom is 0.326 e. The van der Waals surface area contributed by atoms with E-state index in [-0.39, 0.29) is 19.8 Å². The number of carbonyl (C=O) groups excluding carboxylic acids is 2. The summed E-state index contributed by atoms with van der Waals surface area (Å²) in [5, 5.41) is 11.6. The molecule has 1 aliphatic heterocycles. The first-order valence-corrected chi connectivity index (χ1v) is 6.31. The van der Waals surface area contributed by atoms with E-state index < -0.39 is 35.4 Å². The molecule has 1 fully saturated rings. The summed E-state index contributed by atoms with van der Waals surface area (Å²) in [6, 6.07) is -2.57. The van der Waals surface area contributed by atoms with Crippen LogP contribution in [0.4, 0.5) is 4.79 Å². The number of nitrogens with two attached hydrogens (primary N) is 1. The number of hydrogen-bond acceptors (Lipinski definition) is 4. The number of rotatable bonds is 3. The van der Waals surface area contributed by atoms with Crippen LogP contribution in [0.25, 0.3) is 0 Å². The Kier molecular flexibility index (Phi) is 4.93. The van der Waals surface area contributed by atoms with Gasteiger partial charge < -0.3 is 25.8 Å². The molecule has 0 spiro atoms. The molecular formula is C12H21N3O5. The van der Waals surface area contributed by atoms with Crippen LogP contribution in [0, 0.1) is 5.41 Å². The van der Waals surface area contributed by atoms with Crippen LogP contribution in [-0.4, -0.2) is 59.8 Å². The quantitative estimate of drug-likeness (QED) is 0.638. The van der Waals surface area contributed by atoms with Gasteiger partial charge in [-0.05, 0) is 5.41 Å². The van der Waals surface area contributed by atoms with Crippen LogP contribution >= 0.6 is 0 Å². The van der Waals surface area contributed by atoms with Gasteiger partial charge in [-0.2, -0.15) is 0 Å². The fourth-order valence-electron chi connectivity index (χ4n) is 1.94. The highest BCUT2D eigenvalue weighted by molar-refractivity contribution is 5.88. The maximum absolute atomic E-state index is 12.2. The Morgan fingerprint density at radius 3 is 2.45 bits per heavy atom. The minimum atomic E-state index is -1.13. The third-order valence-corrected chi connectivity index (χ3v) is 3.10. The lowest BCUT2D eigenvalue weighted by molar-refractivity contribution is -0.142. The zero-order valence-electron chi connectivity index (χ0n) is 11.9. The van der Waals surface area contributed by atoms with Gasteiger partial charge in [0.1, 0.15) is 12.1 Å². The van der Waals surface area contributed by atoms with E-state index in [0.29, 0.717) is 0 Å². The van der Waals surface area contributed by atoms with Crippen molar-refractivity contribution in [1.82, 2.24) is 10.2 Å². The Labute approximate surface area is 117 Å². The normalized spacial score (nSPS) is 21.1. The van der Waals surface area contributed by atoms with Crippen molar-refractivity contribution < 1.29 is 24.2 Å². The van der Waals surface area contributed by atoms with Gasteiger partial charge in [-0.3, -0.25) is 4.79 Å². The third kappa shape index (κ3) is 3.83. The number of carboxylic acids is 1. The van der Waals surface area contributed by atoms with Gasteiger partial charge in [0.05, 0.1) is 13.2 Å². The molecule has 0 radical (unpaired) electrons. The average Bonchev–Trinajstić information content (AvgIpc) is 2.33. The summed E-state index contributed by atoms with van der Waals surface area (Å²) < 4.78 is 5.10. The molecule has 4 N–H and O–H groups in total. The molecule has 0 aromatic carbocycles. The van der Waals surface area contributed by atoms with Crippen LogP contribution in [0.5, 0.6) is 0 Å². The number of nitrogens with zero attached hydrogens (tertiary/aromatic N) is 1. The van der Waals surface area contributed by atoms with Crippen LogP contribution in [0.2, 0.25) is 0 Å². The van der Waals surface area contributed by atoms with E-state index >= 15 is 0 Å². The largest absolute Gasteiger partial charge is 0.480 e. The van der Waals surface area contributed by atoms with Gasteiger partial charge in [0, 0.05) is 6.54 Å². The van der Waals surface area contributed by atoms with Crippen molar-refractivity contribution >= 4 is 17.9 Å². The van der Waals surface area contributed by atoms with Crippen molar-refractivity contribution in [3.05, 3.63) is 0 Å². The Bertz CT molecular complexity index is 404. The summed E-state index contributed by atoms with van der Waals surface area (Å²) in [6.45, 7) is 5.61. The molecule has 20 heavy (non-hydrogen) atoms. The average molecular weight is 287 g/mol. The van der Waals surface area contributed by atoms with Crippen molar-refractivity contribution in [2.45, 2.75) is 32.9 Å². The molecule has 1 aliphatic rings. The van der Waals surface area contributed by atoms with Crippen LogP contribution in [0.15, 0.2) is 0 Å². The van der Waals surface area contributed by atoms with E-state index in [9.17, 15) is 19.5 Å². The summed E-state index contributed by atoms with van der Waals surface area (Å²) >= 11 is 0. The Morgan fingerprint density at radius 2 is 2.00 bits per heavy atom. The molecule has 2 atom stereocenters. The fourth-order valence-corrected chi connectivity index (χ4v) is 1.94. The number of urea groups is 1. The van der Waals surface area contributed by atoms with Crippen molar-refractivity contribution in [1.29, 1.82) is 0 Å². The second-order valence-corrected chi connectivity index (χ2v) is 5.77. The lowest BCUT2D eigenvalue weighted by atomic mass is 9.87. The highest BCUT2D eigenvalue weighted by Crippen LogP contribution is 2.20. The zero-order chi connectivity index (χ0) is 15.5. The Morgan fingerprint density at radius 1 is 1.40 bits per heavy atom. The van der Waals surface area contributed by atoms with E-state index in [4.69, 9.17) is 10.5 Å². The molecule has 1 saturated heterocycles. The summed E-state index contributed by atoms with van der Waals surface area (Å²) in [7, 11) is 0. The van der Waals surface area contributed by atoms with E-state index in [1.54, 1.807) is 20.8 Å². The predicted octanol–water partition coefficient (Wildman–Crippen LogP) is -0.619. The summed E-state index contributed by atoms with van der Waals surface area (Å²) in [5.41, 5.74) is 4.56. The summed E-state index contributed by atoms with van der Waals surface area (Å²) in [5.74, 6) is -1.81. The highest BCUT2D eigenvalue weighted by Gasteiger charge is 2.37. The molecule has 8 nitrogen and oxygen atoms in total. The van der Waals surface area contributed by atoms with Gasteiger partial charge in [0.2, 0.25) is 5.91 Å². The molecule has 0 bridgehead atoms. The van der Waals surface area contributed by atoms with Crippen LogP contribution in [-0.2, 0) is 14.3 Å². The molecule has 1 heterocycles. The van der Waals surface area contributed by atoms with Crippen LogP contribution in [0.1, 0.15) is 20.8 Å². The fraction of sp³-hybridized carbons (Fsp3) is 0.750. The first-order valence-electron chi connectivity index (χ1n) is 6.31. The lowest BCUT2D eigenvalue weighted by Gasteiger charge is -2.36. The second kappa shape index (κ2) is 6.08. The van der Waals surface area contributed by atoms with Crippen LogP contribution in [0.3, 0.4) is 0 Å². The molecule has 0 saturated carbocycles. The predicted molar refractivity (Wildman–Crippen MR) is 69.9 cm³/mol. The van der Waals surface area contributed by atoms with Gasteiger partial charge in [-0.15, -0.1) is 0 Å². The van der Waals surface area contributed by atoms with Gasteiger partial charge in [-0.1, -0.05) is 20.8 Å². The molecule has 0 aromatic rings. The molecule has 0 aliphatic carbocycles. The SMILES string of the molecule is CC(C)(C)[C@@H](NC(=O)N1CCOCC1C(N)=O)C(=O)O. The number of primary amides is 1. The molecule has 3 amide bonds. The number of carboxylic acid groups (broad SMARTS) is 1. The van der Waals surface area contributed by atoms with Gasteiger partial charge in [0.15, 0.2) is 0 Å². The van der Waals surface area contributed by atoms with Crippen molar-refractivity contribution in [2.75, 3.05) is 19.8 Å². The van der Waals surface area contributed by atoms with Crippen LogP contribution < -0.4 is 11.1 Å². The summed E-state index contributed by atoms with van der Waals surface area (Å²) in [4.78, 5) is 35.9. The monoisotopic (exact) mass is 287 g/mol. The second-order valence-electron chi connectivity index (χ2n) is 5.77. The molecule has 1 unspecified atom stereocenters. The van der Waals surface area contributed by atoms with Crippen molar-refractivity contribution in [3.8, 4) is 0 Å². The minimum absolute atomic E-state index is 0.0238. The van der Waals surface area contributed by atoms with Gasteiger partial charge >= 0.3 is 12.0 Å². The molecule has 114 valence electrons. The summed E-state index contributed by atoms with van der Waals surface area (Å²) in [6.07, 6.45) is 0. The topological polar surface area (TPSA) is 122 Å². The lowest BCUT2D eigenvalue weighted by Crippen LogP contribution is -2.60. The van der Waals surface area contributed by atoms with Gasteiger partial charge in [0.25, 0.3) is 0 Å². The Hall–Kier alpha value is -1.83. The van der Waals surface area contributed by atoms with Crippen molar-refractivity contribution in [3.63, 3.8) is 0 Å². The standard InChI is InChI=1S/C12H21N3O5/c1-12(2,3)8(10(17)18)14-11(19)15-4-5-20-6-7(15)9(13)16/h7-8H,4-6H2,1-3H3,(H2,13,16)(H,14,19)(H,17,18)/t7?,8-/m0/s1. The number of carbonyl (C=O) groups is 3. The molecule has 0 aromatic heterocycles. The zero-order valence-corrected chi connectivity index (χ0v) is 11.9. The number of ether oxygens (including phenoxy) is 1. The molecule has 8 heteroatoms. The van der Waals surface area contributed by atoms with E-state index in [1.807, 2.05) is 0 Å². The minimum Gasteiger partial charge on any atom is -0.480 e. The van der Waals surface area contributed by atoms with Crippen molar-refractivity contribution in [2.24, 2.45) is 11.1 Å². The third-order valence-electron chi connectivity index (χ3n) is 3.10. The van der Waals surface area contributed by atoms with Gasteiger partial charge in [-0.25, -0.2) is 9.59 Å². The number of amides is 3. The number of aliphatic carboxylic acids is 1. The first kappa shape index (κ1) is 16.2. The number of morpholine rings is 1. The Balaban J connectivity index is 2.82. The maximum atomic E-state index is 12.2. The van der Waals surface area contributed by atoms with E-state index in [1.165, 1.54) is 4.90 Å². The highest BCUT2D eigenvalue weighted by atomic mass is 16.5. The first-order chi connectivity index (χ1) is 9.14. The van der Waals surface area contributed by atoms with E-state index in [0.717, 1.165) is 0 Å².